The maximum absolute atomic E-state index is 5.92. The summed E-state index contributed by atoms with van der Waals surface area (Å²) in [6.45, 7) is 3.23. The fraction of sp³-hybridized carbons (Fsp3) is 0.529. The predicted molar refractivity (Wildman–Crippen MR) is 81.9 cm³/mol. The van der Waals surface area contributed by atoms with Crippen molar-refractivity contribution >= 4 is 11.0 Å². The minimum absolute atomic E-state index is 0.429. The lowest BCUT2D eigenvalue weighted by Crippen LogP contribution is -2.47. The van der Waals surface area contributed by atoms with Crippen LogP contribution in [0.5, 0.6) is 0 Å². The van der Waals surface area contributed by atoms with Gasteiger partial charge in [0.15, 0.2) is 0 Å². The molecule has 0 spiro atoms. The summed E-state index contributed by atoms with van der Waals surface area (Å²) in [5, 5.41) is 1.21. The Bertz CT molecular complexity index is 637. The van der Waals surface area contributed by atoms with Crippen LogP contribution in [0.3, 0.4) is 0 Å². The van der Waals surface area contributed by atoms with Gasteiger partial charge in [0.25, 0.3) is 0 Å². The fourth-order valence-corrected chi connectivity index (χ4v) is 3.89. The number of rotatable bonds is 3. The molecular formula is C17H22N2O2. The van der Waals surface area contributed by atoms with Crippen molar-refractivity contribution in [2.24, 2.45) is 5.73 Å². The van der Waals surface area contributed by atoms with Crippen LogP contribution in [0.25, 0.3) is 11.0 Å². The normalized spacial score (nSPS) is 26.3. The van der Waals surface area contributed by atoms with Crippen molar-refractivity contribution in [1.29, 1.82) is 0 Å². The Morgan fingerprint density at radius 1 is 1.24 bits per heavy atom. The summed E-state index contributed by atoms with van der Waals surface area (Å²) in [5.41, 5.74) is 8.10. The molecule has 0 radical (unpaired) electrons. The Labute approximate surface area is 124 Å². The minimum Gasteiger partial charge on any atom is -0.459 e. The van der Waals surface area contributed by atoms with Crippen LogP contribution in [-0.4, -0.2) is 30.2 Å². The van der Waals surface area contributed by atoms with Gasteiger partial charge in [0, 0.05) is 30.1 Å². The number of fused-ring (bicyclic) bond motifs is 2. The maximum atomic E-state index is 5.92. The third kappa shape index (κ3) is 2.27. The summed E-state index contributed by atoms with van der Waals surface area (Å²) < 4.78 is 11.8. The van der Waals surface area contributed by atoms with Crippen molar-refractivity contribution in [3.8, 4) is 0 Å². The predicted octanol–water partition coefficient (Wildman–Crippen LogP) is 2.64. The Balaban J connectivity index is 1.67. The molecule has 4 nitrogen and oxygen atoms in total. The van der Waals surface area contributed by atoms with Crippen LogP contribution in [0.1, 0.15) is 30.6 Å². The number of nitrogens with two attached hydrogens (primary N) is 1. The highest BCUT2D eigenvalue weighted by molar-refractivity contribution is 5.82. The summed E-state index contributed by atoms with van der Waals surface area (Å²) >= 11 is 0. The first-order valence-corrected chi connectivity index (χ1v) is 7.92. The molecule has 2 fully saturated rings. The fourth-order valence-electron chi connectivity index (χ4n) is 3.89. The molecule has 1 aromatic heterocycles. The highest BCUT2D eigenvalue weighted by Gasteiger charge is 2.36. The summed E-state index contributed by atoms with van der Waals surface area (Å²) in [4.78, 5) is 2.57. The van der Waals surface area contributed by atoms with E-state index in [1.807, 2.05) is 12.1 Å². The summed E-state index contributed by atoms with van der Waals surface area (Å²) in [6, 6.07) is 8.81. The lowest BCUT2D eigenvalue weighted by atomic mass is 10.1. The zero-order valence-electron chi connectivity index (χ0n) is 12.3. The van der Waals surface area contributed by atoms with E-state index < -0.39 is 0 Å². The number of hydrogen-bond acceptors (Lipinski definition) is 4. The number of hydrogen-bond donors (Lipinski definition) is 1. The van der Waals surface area contributed by atoms with Crippen LogP contribution in [0, 0.1) is 0 Å². The first-order valence-electron chi connectivity index (χ1n) is 7.92. The molecule has 2 aromatic rings. The number of nitrogens with zero attached hydrogens (tertiary/aromatic N) is 1. The van der Waals surface area contributed by atoms with Crippen LogP contribution in [0.4, 0.5) is 0 Å². The van der Waals surface area contributed by atoms with Gasteiger partial charge in [0.2, 0.25) is 0 Å². The quantitative estimate of drug-likeness (QED) is 0.942. The SMILES string of the molecule is NCc1oc2ccccc2c1CN1CCOC2CCCC21. The molecule has 1 aliphatic carbocycles. The molecule has 2 N–H and O–H groups in total. The van der Waals surface area contributed by atoms with Crippen LogP contribution in [0.15, 0.2) is 28.7 Å². The van der Waals surface area contributed by atoms with E-state index >= 15 is 0 Å². The molecule has 2 heterocycles. The van der Waals surface area contributed by atoms with E-state index in [1.165, 1.54) is 30.2 Å². The van der Waals surface area contributed by atoms with Gasteiger partial charge in [0.05, 0.1) is 19.3 Å². The van der Waals surface area contributed by atoms with E-state index in [0.29, 0.717) is 18.7 Å². The molecule has 2 atom stereocenters. The van der Waals surface area contributed by atoms with Crippen molar-refractivity contribution in [3.05, 3.63) is 35.6 Å². The largest absolute Gasteiger partial charge is 0.459 e. The Kier molecular flexibility index (Phi) is 3.45. The molecule has 1 aromatic carbocycles. The molecular weight excluding hydrogens is 264 g/mol. The van der Waals surface area contributed by atoms with E-state index in [0.717, 1.165) is 31.0 Å². The molecule has 0 bridgehead atoms. The molecule has 2 unspecified atom stereocenters. The number of ether oxygens (including phenoxy) is 1. The zero-order valence-corrected chi connectivity index (χ0v) is 12.3. The maximum Gasteiger partial charge on any atom is 0.134 e. The van der Waals surface area contributed by atoms with Crippen molar-refractivity contribution in [2.45, 2.75) is 44.5 Å². The van der Waals surface area contributed by atoms with Crippen LogP contribution >= 0.6 is 0 Å². The lowest BCUT2D eigenvalue weighted by Gasteiger charge is -2.37. The molecule has 2 aliphatic rings. The lowest BCUT2D eigenvalue weighted by molar-refractivity contribution is -0.0588. The smallest absolute Gasteiger partial charge is 0.134 e. The summed E-state index contributed by atoms with van der Waals surface area (Å²) in [7, 11) is 0. The molecule has 1 aliphatic heterocycles. The first kappa shape index (κ1) is 13.3. The second-order valence-electron chi connectivity index (χ2n) is 6.08. The van der Waals surface area contributed by atoms with Gasteiger partial charge in [0.1, 0.15) is 11.3 Å². The second kappa shape index (κ2) is 5.44. The molecule has 1 saturated carbocycles. The average molecular weight is 286 g/mol. The van der Waals surface area contributed by atoms with Crippen molar-refractivity contribution < 1.29 is 9.15 Å². The summed E-state index contributed by atoms with van der Waals surface area (Å²) in [6.07, 6.45) is 4.16. The van der Waals surface area contributed by atoms with Crippen molar-refractivity contribution in [2.75, 3.05) is 13.2 Å². The minimum atomic E-state index is 0.429. The third-order valence-electron chi connectivity index (χ3n) is 4.93. The van der Waals surface area contributed by atoms with Crippen molar-refractivity contribution in [3.63, 3.8) is 0 Å². The second-order valence-corrected chi connectivity index (χ2v) is 6.08. The molecule has 21 heavy (non-hydrogen) atoms. The van der Waals surface area contributed by atoms with Gasteiger partial charge in [-0.3, -0.25) is 4.90 Å². The third-order valence-corrected chi connectivity index (χ3v) is 4.93. The first-order chi connectivity index (χ1) is 10.4. The van der Waals surface area contributed by atoms with Gasteiger partial charge in [-0.2, -0.15) is 0 Å². The van der Waals surface area contributed by atoms with E-state index in [2.05, 4.69) is 17.0 Å². The Morgan fingerprint density at radius 3 is 3.05 bits per heavy atom. The van der Waals surface area contributed by atoms with E-state index in [9.17, 15) is 0 Å². The zero-order chi connectivity index (χ0) is 14.2. The van der Waals surface area contributed by atoms with Gasteiger partial charge in [-0.05, 0) is 25.3 Å². The topological polar surface area (TPSA) is 51.6 Å². The van der Waals surface area contributed by atoms with E-state index in [-0.39, 0.29) is 0 Å². The standard InChI is InChI=1S/C17H22N2O2/c18-10-17-13(12-4-1-2-6-15(12)21-17)11-19-8-9-20-16-7-3-5-14(16)19/h1-2,4,6,14,16H,3,5,7-11,18H2. The monoisotopic (exact) mass is 286 g/mol. The van der Waals surface area contributed by atoms with Crippen LogP contribution in [-0.2, 0) is 17.8 Å². The number of morpholine rings is 1. The number of para-hydroxylation sites is 1. The Hall–Kier alpha value is -1.36. The molecule has 1 saturated heterocycles. The van der Waals surface area contributed by atoms with Crippen LogP contribution in [0.2, 0.25) is 0 Å². The van der Waals surface area contributed by atoms with E-state index in [4.69, 9.17) is 14.9 Å². The van der Waals surface area contributed by atoms with Crippen molar-refractivity contribution in [1.82, 2.24) is 4.90 Å². The highest BCUT2D eigenvalue weighted by atomic mass is 16.5. The average Bonchev–Trinajstić information content (AvgIpc) is 3.12. The van der Waals surface area contributed by atoms with Gasteiger partial charge >= 0.3 is 0 Å². The van der Waals surface area contributed by atoms with Gasteiger partial charge in [-0.1, -0.05) is 18.2 Å². The van der Waals surface area contributed by atoms with Gasteiger partial charge in [-0.25, -0.2) is 0 Å². The number of benzene rings is 1. The number of furan rings is 1. The molecule has 4 rings (SSSR count). The highest BCUT2D eigenvalue weighted by Crippen LogP contribution is 2.33. The van der Waals surface area contributed by atoms with Crippen LogP contribution < -0.4 is 5.73 Å². The van der Waals surface area contributed by atoms with E-state index in [1.54, 1.807) is 0 Å². The van der Waals surface area contributed by atoms with Gasteiger partial charge < -0.3 is 14.9 Å². The Morgan fingerprint density at radius 2 is 2.14 bits per heavy atom. The molecule has 4 heteroatoms. The summed E-state index contributed by atoms with van der Waals surface area (Å²) in [5.74, 6) is 0.928. The molecule has 112 valence electrons. The molecule has 0 amide bonds. The van der Waals surface area contributed by atoms with Gasteiger partial charge in [-0.15, -0.1) is 0 Å².